The molecule has 15 heavy (non-hydrogen) atoms. The highest BCUT2D eigenvalue weighted by Gasteiger charge is 2.39. The third-order valence-corrected chi connectivity index (χ3v) is 3.90. The number of fused-ring (bicyclic) bond motifs is 2. The van der Waals surface area contributed by atoms with Crippen LogP contribution in [0.3, 0.4) is 0 Å². The van der Waals surface area contributed by atoms with Crippen molar-refractivity contribution in [1.29, 1.82) is 0 Å². The molecule has 2 aliphatic heterocycles. The predicted octanol–water partition coefficient (Wildman–Crippen LogP) is 3.15. The Morgan fingerprint density at radius 2 is 2.07 bits per heavy atom. The van der Waals surface area contributed by atoms with Gasteiger partial charge in [0.1, 0.15) is 0 Å². The van der Waals surface area contributed by atoms with Crippen LogP contribution in [0.1, 0.15) is 24.4 Å². The van der Waals surface area contributed by atoms with Gasteiger partial charge in [-0.25, -0.2) is 0 Å². The molecule has 0 N–H and O–H groups in total. The Kier molecular flexibility index (Phi) is 2.54. The second kappa shape index (κ2) is 3.89. The molecule has 3 rings (SSSR count). The summed E-state index contributed by atoms with van der Waals surface area (Å²) >= 11 is 3.47. The second-order valence-electron chi connectivity index (χ2n) is 4.34. The van der Waals surface area contributed by atoms with Gasteiger partial charge in [0, 0.05) is 16.9 Å². The molecule has 0 amide bonds. The van der Waals surface area contributed by atoms with E-state index in [-0.39, 0.29) is 0 Å². The molecule has 3 atom stereocenters. The molecule has 2 fully saturated rings. The summed E-state index contributed by atoms with van der Waals surface area (Å²) in [5.41, 5.74) is 1.39. The molecule has 2 saturated heterocycles. The average Bonchev–Trinajstić information content (AvgIpc) is 2.51. The van der Waals surface area contributed by atoms with E-state index in [1.165, 1.54) is 18.4 Å². The van der Waals surface area contributed by atoms with E-state index in [0.717, 1.165) is 17.6 Å². The van der Waals surface area contributed by atoms with Crippen molar-refractivity contribution in [2.24, 2.45) is 5.92 Å². The highest BCUT2D eigenvalue weighted by Crippen LogP contribution is 2.41. The Bertz CT molecular complexity index is 335. The van der Waals surface area contributed by atoms with Gasteiger partial charge in [-0.2, -0.15) is 5.06 Å². The van der Waals surface area contributed by atoms with E-state index in [4.69, 9.17) is 4.84 Å². The summed E-state index contributed by atoms with van der Waals surface area (Å²) in [6, 6.07) is 9.13. The molecule has 2 heterocycles. The third-order valence-electron chi connectivity index (χ3n) is 3.38. The first-order chi connectivity index (χ1) is 7.34. The number of benzene rings is 1. The Hall–Kier alpha value is -0.380. The van der Waals surface area contributed by atoms with Crippen LogP contribution in [0.4, 0.5) is 0 Å². The summed E-state index contributed by atoms with van der Waals surface area (Å²) in [5, 5.41) is 2.16. The van der Waals surface area contributed by atoms with Crippen LogP contribution in [0.5, 0.6) is 0 Å². The van der Waals surface area contributed by atoms with Crippen LogP contribution in [-0.4, -0.2) is 18.2 Å². The van der Waals surface area contributed by atoms with E-state index in [0.29, 0.717) is 12.0 Å². The smallest absolute Gasteiger partial charge is 0.0732 e. The fourth-order valence-electron chi connectivity index (χ4n) is 2.65. The van der Waals surface area contributed by atoms with Crippen LogP contribution in [0.15, 0.2) is 28.7 Å². The summed E-state index contributed by atoms with van der Waals surface area (Å²) in [6.07, 6.45) is 2.58. The van der Waals surface area contributed by atoms with Crippen molar-refractivity contribution in [3.8, 4) is 0 Å². The van der Waals surface area contributed by atoms with Gasteiger partial charge in [-0.05, 0) is 30.5 Å². The number of hydrogen-bond acceptors (Lipinski definition) is 2. The normalized spacial score (nSPS) is 34.3. The first-order valence-corrected chi connectivity index (χ1v) is 6.29. The molecule has 2 nitrogen and oxygen atoms in total. The number of nitrogens with zero attached hydrogens (tertiary/aromatic N) is 1. The van der Waals surface area contributed by atoms with Crippen LogP contribution in [0.2, 0.25) is 0 Å². The van der Waals surface area contributed by atoms with Gasteiger partial charge < -0.3 is 0 Å². The van der Waals surface area contributed by atoms with E-state index in [9.17, 15) is 0 Å². The minimum absolute atomic E-state index is 0.492. The zero-order chi connectivity index (χ0) is 10.3. The second-order valence-corrected chi connectivity index (χ2v) is 5.25. The number of piperidine rings is 1. The predicted molar refractivity (Wildman–Crippen MR) is 62.3 cm³/mol. The Morgan fingerprint density at radius 3 is 2.80 bits per heavy atom. The van der Waals surface area contributed by atoms with Gasteiger partial charge in [0.05, 0.1) is 12.6 Å². The minimum Gasteiger partial charge on any atom is -0.298 e. The zero-order valence-corrected chi connectivity index (χ0v) is 10.1. The van der Waals surface area contributed by atoms with Crippen LogP contribution < -0.4 is 0 Å². The SMILES string of the molecule is Brc1ccc(C2C3CCCN2OC3)cc1. The lowest BCUT2D eigenvalue weighted by Crippen LogP contribution is -2.29. The lowest BCUT2D eigenvalue weighted by Gasteiger charge is -2.30. The van der Waals surface area contributed by atoms with Gasteiger partial charge in [-0.1, -0.05) is 28.1 Å². The summed E-state index contributed by atoms with van der Waals surface area (Å²) < 4.78 is 1.14. The van der Waals surface area contributed by atoms with Gasteiger partial charge in [0.25, 0.3) is 0 Å². The lowest BCUT2D eigenvalue weighted by atomic mass is 9.88. The van der Waals surface area contributed by atoms with Gasteiger partial charge in [-0.3, -0.25) is 4.84 Å². The maximum Gasteiger partial charge on any atom is 0.0732 e. The summed E-state index contributed by atoms with van der Waals surface area (Å²) in [6.45, 7) is 1.98. The van der Waals surface area contributed by atoms with Gasteiger partial charge in [0.2, 0.25) is 0 Å². The van der Waals surface area contributed by atoms with E-state index in [2.05, 4.69) is 45.3 Å². The summed E-state index contributed by atoms with van der Waals surface area (Å²) in [7, 11) is 0. The van der Waals surface area contributed by atoms with Crippen LogP contribution >= 0.6 is 15.9 Å². The van der Waals surface area contributed by atoms with Crippen molar-refractivity contribution >= 4 is 15.9 Å². The average molecular weight is 268 g/mol. The molecule has 0 spiro atoms. The topological polar surface area (TPSA) is 12.5 Å². The third kappa shape index (κ3) is 1.73. The van der Waals surface area contributed by atoms with Crippen molar-refractivity contribution in [3.63, 3.8) is 0 Å². The Labute approximate surface area is 98.3 Å². The molecule has 3 heteroatoms. The van der Waals surface area contributed by atoms with E-state index in [1.54, 1.807) is 0 Å². The molecule has 2 bridgehead atoms. The molecule has 80 valence electrons. The first-order valence-electron chi connectivity index (χ1n) is 5.49. The van der Waals surface area contributed by atoms with Gasteiger partial charge in [-0.15, -0.1) is 0 Å². The minimum atomic E-state index is 0.492. The van der Waals surface area contributed by atoms with E-state index >= 15 is 0 Å². The fourth-order valence-corrected chi connectivity index (χ4v) is 2.91. The van der Waals surface area contributed by atoms with Crippen molar-refractivity contribution in [1.82, 2.24) is 5.06 Å². The van der Waals surface area contributed by atoms with Crippen molar-refractivity contribution in [2.75, 3.05) is 13.2 Å². The molecule has 0 aliphatic carbocycles. The molecule has 2 aliphatic rings. The largest absolute Gasteiger partial charge is 0.298 e. The monoisotopic (exact) mass is 267 g/mol. The zero-order valence-electron chi connectivity index (χ0n) is 8.53. The lowest BCUT2D eigenvalue weighted by molar-refractivity contribution is -0.135. The van der Waals surface area contributed by atoms with E-state index < -0.39 is 0 Å². The van der Waals surface area contributed by atoms with E-state index in [1.807, 2.05) is 0 Å². The standard InChI is InChI=1S/C12H14BrNO/c13-11-5-3-9(4-6-11)12-10-2-1-7-14(12)15-8-10/h3-6,10,12H,1-2,7-8H2. The molecule has 0 aromatic heterocycles. The highest BCUT2D eigenvalue weighted by molar-refractivity contribution is 9.10. The molecular formula is C12H14BrNO. The van der Waals surface area contributed by atoms with Crippen LogP contribution in [0.25, 0.3) is 0 Å². The highest BCUT2D eigenvalue weighted by atomic mass is 79.9. The maximum atomic E-state index is 5.70. The number of hydroxylamine groups is 2. The van der Waals surface area contributed by atoms with Crippen molar-refractivity contribution in [2.45, 2.75) is 18.9 Å². The molecule has 1 aromatic carbocycles. The van der Waals surface area contributed by atoms with Crippen molar-refractivity contribution in [3.05, 3.63) is 34.3 Å². The summed E-state index contributed by atoms with van der Waals surface area (Å²) in [5.74, 6) is 0.694. The number of rotatable bonds is 1. The molecular weight excluding hydrogens is 254 g/mol. The fraction of sp³-hybridized carbons (Fsp3) is 0.500. The Balaban J connectivity index is 1.90. The quantitative estimate of drug-likeness (QED) is 0.775. The van der Waals surface area contributed by atoms with Gasteiger partial charge in [0.15, 0.2) is 0 Å². The number of hydrogen-bond donors (Lipinski definition) is 0. The van der Waals surface area contributed by atoms with Crippen LogP contribution in [-0.2, 0) is 4.84 Å². The Morgan fingerprint density at radius 1 is 1.27 bits per heavy atom. The maximum absolute atomic E-state index is 5.70. The molecule has 1 aromatic rings. The number of halogens is 1. The molecule has 0 saturated carbocycles. The van der Waals surface area contributed by atoms with Crippen molar-refractivity contribution < 1.29 is 4.84 Å². The van der Waals surface area contributed by atoms with Crippen LogP contribution in [0, 0.1) is 5.92 Å². The first kappa shape index (κ1) is 9.82. The molecule has 0 radical (unpaired) electrons. The molecule has 3 unspecified atom stereocenters. The summed E-state index contributed by atoms with van der Waals surface area (Å²) in [4.78, 5) is 5.70. The van der Waals surface area contributed by atoms with Gasteiger partial charge >= 0.3 is 0 Å².